The second-order valence-electron chi connectivity index (χ2n) is 6.04. The molecule has 0 radical (unpaired) electrons. The maximum atomic E-state index is 12.1. The van der Waals surface area contributed by atoms with Gasteiger partial charge in [0, 0.05) is 24.2 Å². The van der Waals surface area contributed by atoms with Crippen LogP contribution in [0.3, 0.4) is 0 Å². The number of anilines is 1. The van der Waals surface area contributed by atoms with E-state index in [0.29, 0.717) is 24.4 Å². The lowest BCUT2D eigenvalue weighted by Gasteiger charge is -2.28. The maximum Gasteiger partial charge on any atom is 0.224 e. The van der Waals surface area contributed by atoms with Gasteiger partial charge in [-0.2, -0.15) is 0 Å². The molecule has 0 spiro atoms. The van der Waals surface area contributed by atoms with Crippen molar-refractivity contribution >= 4 is 11.6 Å². The zero-order chi connectivity index (χ0) is 13.2. The first-order valence-electron chi connectivity index (χ1n) is 7.32. The molecule has 2 saturated heterocycles. The summed E-state index contributed by atoms with van der Waals surface area (Å²) in [5.41, 5.74) is 2.07. The lowest BCUT2D eigenvalue weighted by Crippen LogP contribution is -2.39. The van der Waals surface area contributed by atoms with E-state index in [1.165, 1.54) is 12.8 Å². The molecule has 2 N–H and O–H groups in total. The molecule has 102 valence electrons. The fraction of sp³-hybridized carbons (Fsp3) is 0.562. The van der Waals surface area contributed by atoms with E-state index < -0.39 is 0 Å². The van der Waals surface area contributed by atoms with Crippen LogP contribution in [0.2, 0.25) is 0 Å². The predicted molar refractivity (Wildman–Crippen MR) is 77.1 cm³/mol. The first-order valence-corrected chi connectivity index (χ1v) is 7.32. The van der Waals surface area contributed by atoms with Gasteiger partial charge in [0.25, 0.3) is 0 Å². The Morgan fingerprint density at radius 3 is 2.63 bits per heavy atom. The van der Waals surface area contributed by atoms with Crippen LogP contribution in [-0.4, -0.2) is 18.0 Å². The van der Waals surface area contributed by atoms with Gasteiger partial charge >= 0.3 is 0 Å². The van der Waals surface area contributed by atoms with Crippen LogP contribution >= 0.6 is 0 Å². The number of benzene rings is 1. The quantitative estimate of drug-likeness (QED) is 0.875. The minimum absolute atomic E-state index is 0.167. The molecule has 0 aromatic heterocycles. The fourth-order valence-corrected chi connectivity index (χ4v) is 3.52. The lowest BCUT2D eigenvalue weighted by molar-refractivity contribution is -0.117. The third-order valence-corrected chi connectivity index (χ3v) is 4.46. The number of aryl methyl sites for hydroxylation is 1. The van der Waals surface area contributed by atoms with Gasteiger partial charge in [-0.05, 0) is 50.2 Å². The largest absolute Gasteiger partial charge is 0.326 e. The van der Waals surface area contributed by atoms with Gasteiger partial charge in [0.15, 0.2) is 0 Å². The van der Waals surface area contributed by atoms with Crippen molar-refractivity contribution in [1.29, 1.82) is 0 Å². The molecule has 19 heavy (non-hydrogen) atoms. The zero-order valence-electron chi connectivity index (χ0n) is 11.5. The summed E-state index contributed by atoms with van der Waals surface area (Å²) in [4.78, 5) is 12.1. The monoisotopic (exact) mass is 258 g/mol. The zero-order valence-corrected chi connectivity index (χ0v) is 11.5. The molecule has 3 rings (SSSR count). The highest BCUT2D eigenvalue weighted by atomic mass is 16.1. The van der Waals surface area contributed by atoms with E-state index in [4.69, 9.17) is 0 Å². The van der Waals surface area contributed by atoms with Gasteiger partial charge < -0.3 is 10.6 Å². The number of carbonyl (C=O) groups excluding carboxylic acids is 1. The van der Waals surface area contributed by atoms with Crippen LogP contribution in [0.4, 0.5) is 5.69 Å². The van der Waals surface area contributed by atoms with Gasteiger partial charge in [-0.3, -0.25) is 4.79 Å². The molecule has 2 aliphatic heterocycles. The Morgan fingerprint density at radius 2 is 1.95 bits per heavy atom. The number of nitrogens with one attached hydrogen (secondary N) is 2. The van der Waals surface area contributed by atoms with E-state index in [2.05, 4.69) is 10.6 Å². The second kappa shape index (κ2) is 5.33. The SMILES string of the molecule is Cc1ccccc1NC(=O)CC1CC2CCC(C1)N2. The number of fused-ring (bicyclic) bond motifs is 2. The summed E-state index contributed by atoms with van der Waals surface area (Å²) < 4.78 is 0. The molecule has 0 aliphatic carbocycles. The summed E-state index contributed by atoms with van der Waals surface area (Å²) in [6.45, 7) is 2.03. The molecular formula is C16H22N2O. The van der Waals surface area contributed by atoms with Gasteiger partial charge in [-0.1, -0.05) is 18.2 Å². The number of para-hydroxylation sites is 1. The van der Waals surface area contributed by atoms with Crippen molar-refractivity contribution in [1.82, 2.24) is 5.32 Å². The normalized spacial score (nSPS) is 29.2. The van der Waals surface area contributed by atoms with E-state index >= 15 is 0 Å². The van der Waals surface area contributed by atoms with Gasteiger partial charge in [0.05, 0.1) is 0 Å². The van der Waals surface area contributed by atoms with Gasteiger partial charge in [-0.15, -0.1) is 0 Å². The van der Waals surface area contributed by atoms with Crippen molar-refractivity contribution in [2.24, 2.45) is 5.92 Å². The number of amides is 1. The molecule has 2 bridgehead atoms. The number of piperidine rings is 1. The summed E-state index contributed by atoms with van der Waals surface area (Å²) in [5.74, 6) is 0.725. The minimum Gasteiger partial charge on any atom is -0.326 e. The van der Waals surface area contributed by atoms with E-state index in [1.54, 1.807) is 0 Å². The van der Waals surface area contributed by atoms with Crippen molar-refractivity contribution in [3.63, 3.8) is 0 Å². The molecule has 2 heterocycles. The van der Waals surface area contributed by atoms with Crippen molar-refractivity contribution in [3.8, 4) is 0 Å². The standard InChI is InChI=1S/C16H22N2O/c1-11-4-2-3-5-15(11)18-16(19)10-12-8-13-6-7-14(9-12)17-13/h2-5,12-14,17H,6-10H2,1H3,(H,18,19). The second-order valence-corrected chi connectivity index (χ2v) is 6.04. The first kappa shape index (κ1) is 12.7. The summed E-state index contributed by atoms with van der Waals surface area (Å²) in [6, 6.07) is 9.28. The molecule has 2 unspecified atom stereocenters. The lowest BCUT2D eigenvalue weighted by atomic mass is 9.89. The smallest absolute Gasteiger partial charge is 0.224 e. The van der Waals surface area contributed by atoms with Crippen LogP contribution in [0.5, 0.6) is 0 Å². The summed E-state index contributed by atoms with van der Waals surface area (Å²) in [6.07, 6.45) is 5.58. The fourth-order valence-electron chi connectivity index (χ4n) is 3.52. The number of hydrogen-bond acceptors (Lipinski definition) is 2. The summed E-state index contributed by atoms with van der Waals surface area (Å²) in [7, 11) is 0. The van der Waals surface area contributed by atoms with E-state index in [9.17, 15) is 4.79 Å². The molecule has 2 atom stereocenters. The Morgan fingerprint density at radius 1 is 1.26 bits per heavy atom. The molecule has 0 saturated carbocycles. The molecule has 1 aromatic carbocycles. The number of rotatable bonds is 3. The van der Waals surface area contributed by atoms with Crippen LogP contribution in [0.1, 0.15) is 37.7 Å². The van der Waals surface area contributed by atoms with E-state index in [1.807, 2.05) is 31.2 Å². The number of carbonyl (C=O) groups is 1. The highest BCUT2D eigenvalue weighted by molar-refractivity contribution is 5.91. The molecule has 2 fully saturated rings. The van der Waals surface area contributed by atoms with Crippen LogP contribution in [0.25, 0.3) is 0 Å². The van der Waals surface area contributed by atoms with Crippen molar-refractivity contribution in [3.05, 3.63) is 29.8 Å². The van der Waals surface area contributed by atoms with Crippen LogP contribution < -0.4 is 10.6 Å². The van der Waals surface area contributed by atoms with Crippen molar-refractivity contribution < 1.29 is 4.79 Å². The summed E-state index contributed by atoms with van der Waals surface area (Å²) >= 11 is 0. The molecule has 1 aromatic rings. The predicted octanol–water partition coefficient (Wildman–Crippen LogP) is 2.85. The third kappa shape index (κ3) is 2.98. The van der Waals surface area contributed by atoms with Crippen LogP contribution in [-0.2, 0) is 4.79 Å². The highest BCUT2D eigenvalue weighted by Crippen LogP contribution is 2.32. The van der Waals surface area contributed by atoms with E-state index in [-0.39, 0.29) is 5.91 Å². The molecular weight excluding hydrogens is 236 g/mol. The average molecular weight is 258 g/mol. The Hall–Kier alpha value is -1.35. The average Bonchev–Trinajstić information content (AvgIpc) is 2.72. The van der Waals surface area contributed by atoms with Gasteiger partial charge in [-0.25, -0.2) is 0 Å². The van der Waals surface area contributed by atoms with Crippen molar-refractivity contribution in [2.75, 3.05) is 5.32 Å². The molecule has 2 aliphatic rings. The molecule has 3 heteroatoms. The topological polar surface area (TPSA) is 41.1 Å². The van der Waals surface area contributed by atoms with Crippen molar-refractivity contribution in [2.45, 2.75) is 51.1 Å². The summed E-state index contributed by atoms with van der Waals surface area (Å²) in [5, 5.41) is 6.67. The van der Waals surface area contributed by atoms with Crippen LogP contribution in [0.15, 0.2) is 24.3 Å². The first-order chi connectivity index (χ1) is 9.20. The maximum absolute atomic E-state index is 12.1. The molecule has 1 amide bonds. The van der Waals surface area contributed by atoms with Gasteiger partial charge in [0.1, 0.15) is 0 Å². The van der Waals surface area contributed by atoms with Crippen LogP contribution in [0, 0.1) is 12.8 Å². The van der Waals surface area contributed by atoms with Gasteiger partial charge in [0.2, 0.25) is 5.91 Å². The Kier molecular flexibility index (Phi) is 3.56. The Labute approximate surface area is 114 Å². The molecule has 3 nitrogen and oxygen atoms in total. The Bertz CT molecular complexity index is 460. The minimum atomic E-state index is 0.167. The highest BCUT2D eigenvalue weighted by Gasteiger charge is 2.34. The Balaban J connectivity index is 1.56. The van der Waals surface area contributed by atoms with E-state index in [0.717, 1.165) is 24.1 Å². The third-order valence-electron chi connectivity index (χ3n) is 4.46. The number of hydrogen-bond donors (Lipinski definition) is 2.